The van der Waals surface area contributed by atoms with Crippen LogP contribution in [0.15, 0.2) is 77.7 Å². The largest absolute Gasteiger partial charge is 0.394 e. The lowest BCUT2D eigenvalue weighted by molar-refractivity contribution is -0.0827. The number of ether oxygens (including phenoxy) is 1. The Bertz CT molecular complexity index is 1130. The average Bonchev–Trinajstić information content (AvgIpc) is 3.12. The Morgan fingerprint density at radius 3 is 2.09 bits per heavy atom. The van der Waals surface area contributed by atoms with Gasteiger partial charge in [0.05, 0.1) is 12.7 Å². The highest BCUT2D eigenvalue weighted by atomic mass is 28.3. The van der Waals surface area contributed by atoms with Crippen LogP contribution in [0.2, 0.25) is 5.04 Å². The summed E-state index contributed by atoms with van der Waals surface area (Å²) in [6, 6.07) is 21.0. The van der Waals surface area contributed by atoms with E-state index in [-0.39, 0.29) is 18.8 Å². The summed E-state index contributed by atoms with van der Waals surface area (Å²) in [7, 11) is -3.40. The van der Waals surface area contributed by atoms with Crippen LogP contribution in [0.4, 0.5) is 10.2 Å². The van der Waals surface area contributed by atoms with E-state index >= 15 is 4.39 Å². The maximum absolute atomic E-state index is 16.6. The number of rotatable bonds is 5. The van der Waals surface area contributed by atoms with E-state index < -0.39 is 36.4 Å². The monoisotopic (exact) mass is 467 g/mol. The predicted molar refractivity (Wildman–Crippen MR) is 130 cm³/mol. The van der Waals surface area contributed by atoms with E-state index in [1.807, 2.05) is 60.7 Å². The van der Waals surface area contributed by atoms with Gasteiger partial charge in [0.1, 0.15) is 12.0 Å². The molecule has 0 saturated carbocycles. The summed E-state index contributed by atoms with van der Waals surface area (Å²) >= 11 is 0. The Kier molecular flexibility index (Phi) is 6.02. The Balaban J connectivity index is 2.22. The minimum absolute atomic E-state index is 0.0299. The lowest BCUT2D eigenvalue weighted by Crippen LogP contribution is -2.81. The van der Waals surface area contributed by atoms with Crippen molar-refractivity contribution in [3.05, 3.63) is 83.4 Å². The number of hydrogen-bond donors (Lipinski definition) is 2. The van der Waals surface area contributed by atoms with Gasteiger partial charge in [0.15, 0.2) is 13.4 Å². The SMILES string of the molecule is CC(C)(C)[Si](c1ccccc1)(c1ccccc1)[C@@]1(n2ccc(N)nc2=O)O[C@H](CO)CC1F. The van der Waals surface area contributed by atoms with E-state index in [1.165, 1.54) is 16.8 Å². The van der Waals surface area contributed by atoms with Crippen LogP contribution in [0.5, 0.6) is 0 Å². The summed E-state index contributed by atoms with van der Waals surface area (Å²) in [5.74, 6) is 0.0564. The molecular weight excluding hydrogens is 437 g/mol. The topological polar surface area (TPSA) is 90.4 Å². The van der Waals surface area contributed by atoms with Gasteiger partial charge in [-0.05, 0) is 21.5 Å². The van der Waals surface area contributed by atoms with Crippen molar-refractivity contribution in [1.82, 2.24) is 9.55 Å². The summed E-state index contributed by atoms with van der Waals surface area (Å²) in [5, 5.41) is 9.62. The molecule has 1 unspecified atom stereocenters. The zero-order valence-electron chi connectivity index (χ0n) is 19.1. The number of aromatic nitrogens is 2. The van der Waals surface area contributed by atoms with Crippen LogP contribution in [-0.4, -0.2) is 41.6 Å². The molecule has 0 amide bonds. The van der Waals surface area contributed by atoms with Crippen LogP contribution in [0.25, 0.3) is 0 Å². The Hall–Kier alpha value is -2.81. The highest BCUT2D eigenvalue weighted by Crippen LogP contribution is 2.52. The number of alkyl halides is 1. The normalized spacial score (nSPS) is 23.5. The third kappa shape index (κ3) is 3.44. The van der Waals surface area contributed by atoms with Crippen molar-refractivity contribution in [2.24, 2.45) is 0 Å². The Labute approximate surface area is 193 Å². The van der Waals surface area contributed by atoms with Gasteiger partial charge in [0.25, 0.3) is 0 Å². The smallest absolute Gasteiger partial charge is 0.351 e. The number of anilines is 1. The van der Waals surface area contributed by atoms with Crippen molar-refractivity contribution in [3.63, 3.8) is 0 Å². The van der Waals surface area contributed by atoms with Crippen LogP contribution in [0.1, 0.15) is 27.2 Å². The molecule has 3 aromatic rings. The zero-order chi connectivity index (χ0) is 23.9. The van der Waals surface area contributed by atoms with Gasteiger partial charge < -0.3 is 15.6 Å². The molecule has 1 aliphatic rings. The molecule has 3 atom stereocenters. The molecule has 0 bridgehead atoms. The molecule has 174 valence electrons. The van der Waals surface area contributed by atoms with Gasteiger partial charge in [-0.25, -0.2) is 9.18 Å². The molecule has 1 fully saturated rings. The van der Waals surface area contributed by atoms with Crippen LogP contribution >= 0.6 is 0 Å². The summed E-state index contributed by atoms with van der Waals surface area (Å²) in [6.07, 6.45) is -0.871. The van der Waals surface area contributed by atoms with Crippen molar-refractivity contribution in [2.75, 3.05) is 12.3 Å². The van der Waals surface area contributed by atoms with Gasteiger partial charge in [0.2, 0.25) is 0 Å². The number of aliphatic hydroxyl groups is 1. The maximum Gasteiger partial charge on any atom is 0.351 e. The van der Waals surface area contributed by atoms with Gasteiger partial charge in [-0.1, -0.05) is 81.4 Å². The van der Waals surface area contributed by atoms with Crippen LogP contribution in [-0.2, 0) is 10.1 Å². The average molecular weight is 468 g/mol. The molecule has 8 heteroatoms. The Morgan fingerprint density at radius 1 is 1.12 bits per heavy atom. The van der Waals surface area contributed by atoms with Crippen molar-refractivity contribution in [1.29, 1.82) is 0 Å². The lowest BCUT2D eigenvalue weighted by Gasteiger charge is -2.55. The maximum atomic E-state index is 16.6. The Morgan fingerprint density at radius 2 is 1.67 bits per heavy atom. The van der Waals surface area contributed by atoms with Crippen molar-refractivity contribution in [2.45, 2.75) is 49.9 Å². The molecule has 1 aliphatic heterocycles. The summed E-state index contributed by atoms with van der Waals surface area (Å²) in [5.41, 5.74) is 5.11. The third-order valence-electron chi connectivity index (χ3n) is 6.70. The second-order valence-corrected chi connectivity index (χ2v) is 14.4. The first-order chi connectivity index (χ1) is 15.7. The fraction of sp³-hybridized carbons (Fsp3) is 0.360. The molecule has 33 heavy (non-hydrogen) atoms. The van der Waals surface area contributed by atoms with E-state index in [2.05, 4.69) is 25.8 Å². The molecule has 0 spiro atoms. The van der Waals surface area contributed by atoms with Crippen LogP contribution < -0.4 is 21.8 Å². The molecule has 1 saturated heterocycles. The predicted octanol–water partition coefficient (Wildman–Crippen LogP) is 2.20. The standard InChI is InChI=1S/C25H30FN3O3Si/c1-24(2,3)33(19-10-6-4-7-11-19,20-12-8-5-9-13-20)25(21(26)16-18(17-30)32-25)29-15-14-22(27)28-23(29)31/h4-15,18,21,30H,16-17H2,1-3H3,(H2,27,28,31)/t18-,21?,25-/m0/s1. The molecule has 3 N–H and O–H groups in total. The van der Waals surface area contributed by atoms with E-state index in [1.54, 1.807) is 0 Å². The quantitative estimate of drug-likeness (QED) is 0.562. The molecule has 0 radical (unpaired) electrons. The second-order valence-electron chi connectivity index (χ2n) is 9.56. The van der Waals surface area contributed by atoms with Crippen LogP contribution in [0, 0.1) is 0 Å². The van der Waals surface area contributed by atoms with Crippen molar-refractivity contribution in [3.8, 4) is 0 Å². The number of nitrogens with zero attached hydrogens (tertiary/aromatic N) is 2. The molecule has 1 aromatic heterocycles. The highest BCUT2D eigenvalue weighted by molar-refractivity contribution is 7.05. The fourth-order valence-electron chi connectivity index (χ4n) is 5.62. The number of nitrogens with two attached hydrogens (primary N) is 1. The molecule has 2 heterocycles. The van der Waals surface area contributed by atoms with E-state index in [9.17, 15) is 9.90 Å². The first-order valence-corrected chi connectivity index (χ1v) is 13.1. The van der Waals surface area contributed by atoms with E-state index in [0.717, 1.165) is 10.4 Å². The number of benzene rings is 2. The van der Waals surface area contributed by atoms with E-state index in [4.69, 9.17) is 10.5 Å². The number of hydrogen-bond acceptors (Lipinski definition) is 5. The van der Waals surface area contributed by atoms with Gasteiger partial charge in [-0.2, -0.15) is 4.98 Å². The first kappa shape index (κ1) is 23.3. The molecule has 0 aliphatic carbocycles. The van der Waals surface area contributed by atoms with Crippen molar-refractivity contribution < 1.29 is 14.2 Å². The first-order valence-electron chi connectivity index (χ1n) is 11.1. The van der Waals surface area contributed by atoms with Crippen molar-refractivity contribution >= 4 is 24.3 Å². The third-order valence-corrected chi connectivity index (χ3v) is 13.1. The lowest BCUT2D eigenvalue weighted by atomic mass is 10.2. The van der Waals surface area contributed by atoms with E-state index in [0.29, 0.717) is 0 Å². The van der Waals surface area contributed by atoms with Gasteiger partial charge in [-0.3, -0.25) is 4.57 Å². The number of aliphatic hydroxyl groups excluding tert-OH is 1. The summed E-state index contributed by atoms with van der Waals surface area (Å²) in [4.78, 5) is 17.2. The minimum Gasteiger partial charge on any atom is -0.394 e. The van der Waals surface area contributed by atoms with Gasteiger partial charge >= 0.3 is 5.69 Å². The van der Waals surface area contributed by atoms with Gasteiger partial charge in [0, 0.05) is 12.6 Å². The molecule has 4 rings (SSSR count). The zero-order valence-corrected chi connectivity index (χ0v) is 20.1. The number of halogens is 1. The minimum atomic E-state index is -3.40. The summed E-state index contributed by atoms with van der Waals surface area (Å²) in [6.45, 7) is 5.86. The second kappa shape index (κ2) is 8.51. The summed E-state index contributed by atoms with van der Waals surface area (Å²) < 4.78 is 24.5. The molecule has 6 nitrogen and oxygen atoms in total. The molecular formula is C25H30FN3O3Si. The molecule has 2 aromatic carbocycles. The van der Waals surface area contributed by atoms with Gasteiger partial charge in [-0.15, -0.1) is 0 Å². The number of nitrogen functional groups attached to an aromatic ring is 1. The van der Waals surface area contributed by atoms with Crippen LogP contribution in [0.3, 0.4) is 0 Å². The fourth-order valence-corrected chi connectivity index (χ4v) is 12.4. The highest BCUT2D eigenvalue weighted by Gasteiger charge is 2.71.